The lowest BCUT2D eigenvalue weighted by molar-refractivity contribution is 0.135. The minimum Gasteiger partial charge on any atom is -0.356 e. The van der Waals surface area contributed by atoms with Crippen LogP contribution in [0.1, 0.15) is 226 Å². The molecule has 2 heteroatoms. The maximum Gasteiger partial charge on any atom is 0.101 e. The summed E-state index contributed by atoms with van der Waals surface area (Å²) in [5.41, 5.74) is 0. The monoisotopic (exact) mass is 589 g/mol. The third kappa shape index (κ3) is 23.8. The SMILES string of the molecule is CCCCCCCCCCCCCCCCCCCN1C=CN(CCCCCCCCCCC)C1CCCCCCC. The summed E-state index contributed by atoms with van der Waals surface area (Å²) in [5, 5.41) is 0. The van der Waals surface area contributed by atoms with Crippen molar-refractivity contribution < 1.29 is 0 Å². The first kappa shape index (κ1) is 39.4. The molecule has 1 heterocycles. The molecular formula is C40H80N2. The average molecular weight is 589 g/mol. The maximum absolute atomic E-state index is 2.71. The summed E-state index contributed by atoms with van der Waals surface area (Å²) in [5.74, 6) is 0. The van der Waals surface area contributed by atoms with Gasteiger partial charge in [-0.25, -0.2) is 0 Å². The van der Waals surface area contributed by atoms with E-state index in [2.05, 4.69) is 43.0 Å². The van der Waals surface area contributed by atoms with Gasteiger partial charge in [-0.3, -0.25) is 0 Å². The molecule has 0 aromatic heterocycles. The standard InChI is InChI=1S/C40H80N2/c1-4-7-10-13-15-17-18-19-20-21-22-23-24-26-28-31-34-37-42-39-38-41(40(42)35-32-29-12-9-6-3)36-33-30-27-25-16-14-11-8-5-2/h38-40H,4-37H2,1-3H3. The molecule has 0 aliphatic carbocycles. The minimum atomic E-state index is 0.640. The van der Waals surface area contributed by atoms with Crippen molar-refractivity contribution in [2.45, 2.75) is 232 Å². The van der Waals surface area contributed by atoms with Crippen molar-refractivity contribution in [3.63, 3.8) is 0 Å². The maximum atomic E-state index is 2.71. The van der Waals surface area contributed by atoms with Gasteiger partial charge >= 0.3 is 0 Å². The highest BCUT2D eigenvalue weighted by Gasteiger charge is 2.24. The van der Waals surface area contributed by atoms with Crippen molar-refractivity contribution in [2.24, 2.45) is 0 Å². The Morgan fingerprint density at radius 3 is 0.833 bits per heavy atom. The molecule has 1 aliphatic rings. The number of rotatable bonds is 34. The lowest BCUT2D eigenvalue weighted by Crippen LogP contribution is -2.39. The number of unbranched alkanes of at least 4 members (excludes halogenated alkanes) is 28. The summed E-state index contributed by atoms with van der Waals surface area (Å²) in [6, 6.07) is 0. The molecule has 2 nitrogen and oxygen atoms in total. The highest BCUT2D eigenvalue weighted by Crippen LogP contribution is 2.24. The van der Waals surface area contributed by atoms with Gasteiger partial charge in [0.1, 0.15) is 6.17 Å². The van der Waals surface area contributed by atoms with E-state index < -0.39 is 0 Å². The van der Waals surface area contributed by atoms with Crippen LogP contribution < -0.4 is 0 Å². The predicted octanol–water partition coefficient (Wildman–Crippen LogP) is 13.9. The van der Waals surface area contributed by atoms with Gasteiger partial charge in [-0.15, -0.1) is 0 Å². The zero-order chi connectivity index (χ0) is 30.2. The smallest absolute Gasteiger partial charge is 0.101 e. The van der Waals surface area contributed by atoms with Crippen LogP contribution in [-0.4, -0.2) is 29.1 Å². The van der Waals surface area contributed by atoms with Crippen molar-refractivity contribution in [3.8, 4) is 0 Å². The Bertz CT molecular complexity index is 544. The molecule has 0 fully saturated rings. The summed E-state index contributed by atoms with van der Waals surface area (Å²) >= 11 is 0. The van der Waals surface area contributed by atoms with Crippen LogP contribution in [-0.2, 0) is 0 Å². The van der Waals surface area contributed by atoms with Crippen LogP contribution in [0.25, 0.3) is 0 Å². The highest BCUT2D eigenvalue weighted by atomic mass is 15.4. The van der Waals surface area contributed by atoms with Crippen LogP contribution in [0.2, 0.25) is 0 Å². The zero-order valence-electron chi connectivity index (χ0n) is 29.7. The Morgan fingerprint density at radius 2 is 0.548 bits per heavy atom. The van der Waals surface area contributed by atoms with Crippen molar-refractivity contribution in [1.29, 1.82) is 0 Å². The topological polar surface area (TPSA) is 6.48 Å². The van der Waals surface area contributed by atoms with E-state index in [1.54, 1.807) is 0 Å². The molecule has 1 unspecified atom stereocenters. The Kier molecular flexibility index (Phi) is 29.8. The molecule has 42 heavy (non-hydrogen) atoms. The van der Waals surface area contributed by atoms with E-state index >= 15 is 0 Å². The van der Waals surface area contributed by atoms with Crippen molar-refractivity contribution in [1.82, 2.24) is 9.80 Å². The van der Waals surface area contributed by atoms with E-state index in [-0.39, 0.29) is 0 Å². The van der Waals surface area contributed by atoms with Crippen molar-refractivity contribution in [2.75, 3.05) is 13.1 Å². The Hall–Kier alpha value is -0.660. The van der Waals surface area contributed by atoms with E-state index in [1.165, 1.54) is 219 Å². The second-order valence-corrected chi connectivity index (χ2v) is 13.9. The van der Waals surface area contributed by atoms with Crippen LogP contribution in [0.4, 0.5) is 0 Å². The molecule has 1 atom stereocenters. The molecule has 1 aliphatic heterocycles. The Morgan fingerprint density at radius 1 is 0.310 bits per heavy atom. The van der Waals surface area contributed by atoms with E-state index in [4.69, 9.17) is 0 Å². The van der Waals surface area contributed by atoms with Gasteiger partial charge in [0, 0.05) is 25.5 Å². The van der Waals surface area contributed by atoms with Crippen molar-refractivity contribution in [3.05, 3.63) is 12.4 Å². The van der Waals surface area contributed by atoms with Gasteiger partial charge in [0.25, 0.3) is 0 Å². The van der Waals surface area contributed by atoms with Crippen LogP contribution in [0, 0.1) is 0 Å². The van der Waals surface area contributed by atoms with Gasteiger partial charge in [-0.2, -0.15) is 0 Å². The minimum absolute atomic E-state index is 0.640. The molecule has 1 rings (SSSR count). The lowest BCUT2D eigenvalue weighted by atomic mass is 10.0. The quantitative estimate of drug-likeness (QED) is 0.0690. The molecule has 0 saturated heterocycles. The molecule has 0 aromatic carbocycles. The Balaban J connectivity index is 2.08. The predicted molar refractivity (Wildman–Crippen MR) is 191 cm³/mol. The van der Waals surface area contributed by atoms with Gasteiger partial charge in [-0.1, -0.05) is 201 Å². The molecular weight excluding hydrogens is 508 g/mol. The van der Waals surface area contributed by atoms with Gasteiger partial charge in [0.05, 0.1) is 0 Å². The van der Waals surface area contributed by atoms with Crippen LogP contribution in [0.3, 0.4) is 0 Å². The average Bonchev–Trinajstić information content (AvgIpc) is 3.38. The normalized spacial score (nSPS) is 15.0. The third-order valence-electron chi connectivity index (χ3n) is 9.82. The number of hydrogen-bond donors (Lipinski definition) is 0. The first-order chi connectivity index (χ1) is 20.8. The van der Waals surface area contributed by atoms with Gasteiger partial charge in [0.15, 0.2) is 0 Å². The molecule has 0 radical (unpaired) electrons. The number of nitrogens with zero attached hydrogens (tertiary/aromatic N) is 2. The fraction of sp³-hybridized carbons (Fsp3) is 0.950. The largest absolute Gasteiger partial charge is 0.356 e. The van der Waals surface area contributed by atoms with E-state index in [0.29, 0.717) is 6.17 Å². The highest BCUT2D eigenvalue weighted by molar-refractivity contribution is 4.97. The fourth-order valence-electron chi connectivity index (χ4n) is 6.89. The molecule has 0 saturated carbocycles. The zero-order valence-corrected chi connectivity index (χ0v) is 29.7. The summed E-state index contributed by atoms with van der Waals surface area (Å²) in [4.78, 5) is 5.41. The summed E-state index contributed by atoms with van der Waals surface area (Å²) in [7, 11) is 0. The van der Waals surface area contributed by atoms with Crippen molar-refractivity contribution >= 4 is 0 Å². The third-order valence-corrected chi connectivity index (χ3v) is 9.82. The molecule has 0 N–H and O–H groups in total. The summed E-state index contributed by atoms with van der Waals surface area (Å²) in [6.07, 6.45) is 51.4. The molecule has 0 spiro atoms. The Labute approximate surface area is 267 Å². The first-order valence-corrected chi connectivity index (χ1v) is 20.0. The second kappa shape index (κ2) is 31.8. The molecule has 250 valence electrons. The van der Waals surface area contributed by atoms with Gasteiger partial charge < -0.3 is 9.80 Å². The van der Waals surface area contributed by atoms with Crippen LogP contribution in [0.5, 0.6) is 0 Å². The van der Waals surface area contributed by atoms with Crippen LogP contribution in [0.15, 0.2) is 12.4 Å². The van der Waals surface area contributed by atoms with E-state index in [0.717, 1.165) is 0 Å². The summed E-state index contributed by atoms with van der Waals surface area (Å²) in [6.45, 7) is 9.48. The number of hydrogen-bond acceptors (Lipinski definition) is 2. The first-order valence-electron chi connectivity index (χ1n) is 20.0. The summed E-state index contributed by atoms with van der Waals surface area (Å²) < 4.78 is 0. The lowest BCUT2D eigenvalue weighted by Gasteiger charge is -2.33. The van der Waals surface area contributed by atoms with Crippen LogP contribution >= 0.6 is 0 Å². The second-order valence-electron chi connectivity index (χ2n) is 13.9. The molecule has 0 aromatic rings. The molecule has 0 bridgehead atoms. The molecule has 0 amide bonds. The van der Waals surface area contributed by atoms with Gasteiger partial charge in [0.2, 0.25) is 0 Å². The van der Waals surface area contributed by atoms with E-state index in [9.17, 15) is 0 Å². The van der Waals surface area contributed by atoms with Gasteiger partial charge in [-0.05, 0) is 25.7 Å². The van der Waals surface area contributed by atoms with E-state index in [1.807, 2.05) is 0 Å². The fourth-order valence-corrected chi connectivity index (χ4v) is 6.89.